The Kier molecular flexibility index (Phi) is 6.18. The number of hydrogen-bond donors (Lipinski definition) is 1. The van der Waals surface area contributed by atoms with Crippen LogP contribution < -0.4 is 9.46 Å². The van der Waals surface area contributed by atoms with Crippen molar-refractivity contribution in [3.05, 3.63) is 77.2 Å². The number of aromatic nitrogens is 2. The minimum Gasteiger partial charge on any atom is -0.496 e. The molecule has 1 heterocycles. The highest BCUT2D eigenvalue weighted by Gasteiger charge is 2.24. The zero-order valence-corrected chi connectivity index (χ0v) is 19.1. The molecule has 0 saturated heterocycles. The lowest BCUT2D eigenvalue weighted by molar-refractivity contribution is 0.416. The van der Waals surface area contributed by atoms with Crippen LogP contribution in [0.4, 0.5) is 14.5 Å². The van der Waals surface area contributed by atoms with Crippen molar-refractivity contribution in [2.45, 2.75) is 18.2 Å². The SMILES string of the molecule is CCc1cc(-c2c(OC)cc(NS(=O)(=O)c3ccccc3)c(F)c2Cl)cc2cnc(F)nc12. The monoisotopic (exact) mass is 489 g/mol. The van der Waals surface area contributed by atoms with Crippen molar-refractivity contribution in [1.29, 1.82) is 0 Å². The van der Waals surface area contributed by atoms with Crippen LogP contribution in [0.2, 0.25) is 5.02 Å². The highest BCUT2D eigenvalue weighted by atomic mass is 35.5. The van der Waals surface area contributed by atoms with Crippen LogP contribution in [0.3, 0.4) is 0 Å². The molecule has 0 fully saturated rings. The van der Waals surface area contributed by atoms with Crippen molar-refractivity contribution >= 4 is 38.2 Å². The number of anilines is 1. The second-order valence-electron chi connectivity index (χ2n) is 7.11. The van der Waals surface area contributed by atoms with E-state index < -0.39 is 21.9 Å². The fourth-order valence-electron chi connectivity index (χ4n) is 3.52. The number of nitrogens with one attached hydrogen (secondary N) is 1. The first kappa shape index (κ1) is 22.9. The Morgan fingerprint density at radius 3 is 2.52 bits per heavy atom. The summed E-state index contributed by atoms with van der Waals surface area (Å²) in [6.45, 7) is 1.87. The molecule has 4 rings (SSSR count). The standard InChI is InChI=1S/C23H18ClF2N3O3S/c1-3-13-9-14(10-15-12-27-23(26)28-22(13)15)19-18(32-2)11-17(21(25)20(19)24)29-33(30,31)16-7-5-4-6-8-16/h4-12,29H,3H2,1-2H3. The summed E-state index contributed by atoms with van der Waals surface area (Å²) in [5.41, 5.74) is 1.51. The normalized spacial score (nSPS) is 11.5. The summed E-state index contributed by atoms with van der Waals surface area (Å²) < 4.78 is 61.8. The van der Waals surface area contributed by atoms with Gasteiger partial charge >= 0.3 is 6.08 Å². The van der Waals surface area contributed by atoms with Crippen molar-refractivity contribution in [3.63, 3.8) is 0 Å². The molecule has 0 aliphatic heterocycles. The molecule has 0 radical (unpaired) electrons. The highest BCUT2D eigenvalue weighted by molar-refractivity contribution is 7.92. The van der Waals surface area contributed by atoms with Gasteiger partial charge in [-0.05, 0) is 41.8 Å². The van der Waals surface area contributed by atoms with Crippen LogP contribution in [0, 0.1) is 11.9 Å². The second kappa shape index (κ2) is 8.92. The summed E-state index contributed by atoms with van der Waals surface area (Å²) in [5.74, 6) is -0.808. The van der Waals surface area contributed by atoms with Gasteiger partial charge in [-0.1, -0.05) is 36.7 Å². The van der Waals surface area contributed by atoms with Gasteiger partial charge in [-0.25, -0.2) is 22.8 Å². The summed E-state index contributed by atoms with van der Waals surface area (Å²) in [4.78, 5) is 7.42. The Bertz CT molecular complexity index is 1470. The molecule has 0 saturated carbocycles. The van der Waals surface area contributed by atoms with E-state index >= 15 is 4.39 Å². The zero-order chi connectivity index (χ0) is 23.8. The smallest absolute Gasteiger partial charge is 0.309 e. The number of hydrogen-bond acceptors (Lipinski definition) is 5. The third-order valence-corrected chi connectivity index (χ3v) is 6.83. The molecule has 6 nitrogen and oxygen atoms in total. The summed E-state index contributed by atoms with van der Waals surface area (Å²) in [6.07, 6.45) is 1.01. The van der Waals surface area contributed by atoms with Crippen LogP contribution in [0.15, 0.2) is 59.6 Å². The molecule has 0 amide bonds. The summed E-state index contributed by atoms with van der Waals surface area (Å²) in [6, 6.07) is 12.1. The van der Waals surface area contributed by atoms with E-state index in [0.29, 0.717) is 28.5 Å². The van der Waals surface area contributed by atoms with E-state index in [0.717, 1.165) is 0 Å². The molecule has 33 heavy (non-hydrogen) atoms. The molecule has 0 aliphatic rings. The maximum absolute atomic E-state index is 15.3. The van der Waals surface area contributed by atoms with Gasteiger partial charge in [0.15, 0.2) is 5.82 Å². The Morgan fingerprint density at radius 2 is 1.85 bits per heavy atom. The minimum absolute atomic E-state index is 0.0297. The van der Waals surface area contributed by atoms with E-state index in [-0.39, 0.29) is 26.9 Å². The van der Waals surface area contributed by atoms with Crippen molar-refractivity contribution in [1.82, 2.24) is 9.97 Å². The molecule has 10 heteroatoms. The molecule has 0 unspecified atom stereocenters. The summed E-state index contributed by atoms with van der Waals surface area (Å²) >= 11 is 6.38. The van der Waals surface area contributed by atoms with Crippen LogP contribution in [-0.4, -0.2) is 25.5 Å². The van der Waals surface area contributed by atoms with Crippen LogP contribution in [0.25, 0.3) is 22.0 Å². The van der Waals surface area contributed by atoms with E-state index in [4.69, 9.17) is 16.3 Å². The highest BCUT2D eigenvalue weighted by Crippen LogP contribution is 2.43. The maximum atomic E-state index is 15.3. The fourth-order valence-corrected chi connectivity index (χ4v) is 4.90. The third kappa shape index (κ3) is 4.34. The fraction of sp³-hybridized carbons (Fsp3) is 0.130. The van der Waals surface area contributed by atoms with E-state index in [2.05, 4.69) is 14.7 Å². The first-order valence-corrected chi connectivity index (χ1v) is 11.7. The Morgan fingerprint density at radius 1 is 1.12 bits per heavy atom. The van der Waals surface area contributed by atoms with Gasteiger partial charge in [-0.2, -0.15) is 4.39 Å². The molecule has 0 aliphatic carbocycles. The van der Waals surface area contributed by atoms with E-state index in [1.54, 1.807) is 30.3 Å². The molecule has 1 aromatic heterocycles. The lowest BCUT2D eigenvalue weighted by Gasteiger charge is -2.17. The number of nitrogens with zero attached hydrogens (tertiary/aromatic N) is 2. The molecular formula is C23H18ClF2N3O3S. The molecule has 3 aromatic carbocycles. The number of benzene rings is 3. The van der Waals surface area contributed by atoms with Gasteiger partial charge in [0.25, 0.3) is 10.0 Å². The zero-order valence-electron chi connectivity index (χ0n) is 17.6. The lowest BCUT2D eigenvalue weighted by Crippen LogP contribution is -2.14. The van der Waals surface area contributed by atoms with Crippen molar-refractivity contribution in [3.8, 4) is 16.9 Å². The van der Waals surface area contributed by atoms with Crippen molar-refractivity contribution < 1.29 is 21.9 Å². The molecule has 0 spiro atoms. The number of fused-ring (bicyclic) bond motifs is 1. The minimum atomic E-state index is -4.05. The van der Waals surface area contributed by atoms with E-state index in [1.807, 2.05) is 6.92 Å². The van der Waals surface area contributed by atoms with Crippen molar-refractivity contribution in [2.24, 2.45) is 0 Å². The summed E-state index contributed by atoms with van der Waals surface area (Å²) in [5, 5.41) is 0.211. The first-order valence-electron chi connectivity index (χ1n) is 9.84. The molecular weight excluding hydrogens is 472 g/mol. The van der Waals surface area contributed by atoms with Crippen LogP contribution >= 0.6 is 11.6 Å². The number of sulfonamides is 1. The third-order valence-electron chi connectivity index (χ3n) is 5.09. The van der Waals surface area contributed by atoms with Gasteiger partial charge in [0.2, 0.25) is 0 Å². The van der Waals surface area contributed by atoms with Gasteiger partial charge in [0.05, 0.1) is 28.2 Å². The van der Waals surface area contributed by atoms with Gasteiger partial charge in [-0.3, -0.25) is 4.72 Å². The number of halogens is 3. The van der Waals surface area contributed by atoms with Gasteiger partial charge in [0, 0.05) is 23.2 Å². The lowest BCUT2D eigenvalue weighted by atomic mass is 9.97. The van der Waals surface area contributed by atoms with Crippen molar-refractivity contribution in [2.75, 3.05) is 11.8 Å². The Balaban J connectivity index is 1.86. The average Bonchev–Trinajstić information content (AvgIpc) is 2.81. The number of ether oxygens (including phenoxy) is 1. The topological polar surface area (TPSA) is 81.2 Å². The predicted octanol–water partition coefficient (Wildman–Crippen LogP) is 5.60. The predicted molar refractivity (Wildman–Crippen MR) is 123 cm³/mol. The number of methoxy groups -OCH3 is 1. The van der Waals surface area contributed by atoms with Gasteiger partial charge in [-0.15, -0.1) is 0 Å². The Hall–Kier alpha value is -3.30. The Labute approximate surface area is 194 Å². The van der Waals surface area contributed by atoms with E-state index in [9.17, 15) is 12.8 Å². The molecule has 1 N–H and O–H groups in total. The maximum Gasteiger partial charge on any atom is 0.309 e. The number of aryl methyl sites for hydroxylation is 1. The second-order valence-corrected chi connectivity index (χ2v) is 9.17. The van der Waals surface area contributed by atoms with Crippen LogP contribution in [0.5, 0.6) is 5.75 Å². The largest absolute Gasteiger partial charge is 0.496 e. The molecule has 4 aromatic rings. The van der Waals surface area contributed by atoms with Gasteiger partial charge < -0.3 is 4.74 Å². The average molecular weight is 490 g/mol. The quantitative estimate of drug-likeness (QED) is 0.356. The van der Waals surface area contributed by atoms with Crippen LogP contribution in [-0.2, 0) is 16.4 Å². The molecule has 0 atom stereocenters. The molecule has 170 valence electrons. The summed E-state index contributed by atoms with van der Waals surface area (Å²) in [7, 11) is -2.69. The first-order chi connectivity index (χ1) is 15.7. The molecule has 0 bridgehead atoms. The van der Waals surface area contributed by atoms with E-state index in [1.165, 1.54) is 31.5 Å². The number of rotatable bonds is 6. The van der Waals surface area contributed by atoms with Crippen LogP contribution in [0.1, 0.15) is 12.5 Å². The van der Waals surface area contributed by atoms with Gasteiger partial charge in [0.1, 0.15) is 5.75 Å².